The molecule has 0 aliphatic heterocycles. The van der Waals surface area contributed by atoms with Gasteiger partial charge in [0, 0.05) is 11.0 Å². The van der Waals surface area contributed by atoms with Crippen LogP contribution in [0.3, 0.4) is 0 Å². The third kappa shape index (κ3) is 3.07. The second-order valence-corrected chi connectivity index (χ2v) is 4.45. The molecule has 0 aliphatic rings. The molecule has 0 saturated carbocycles. The van der Waals surface area contributed by atoms with Crippen LogP contribution in [0.4, 0.5) is 0 Å². The molecule has 0 spiro atoms. The van der Waals surface area contributed by atoms with Crippen molar-refractivity contribution in [2.24, 2.45) is 5.41 Å². The minimum atomic E-state index is -0.480. The van der Waals surface area contributed by atoms with Gasteiger partial charge in [-0.1, -0.05) is 48.6 Å². The Bertz CT molecular complexity index is 402. The lowest BCUT2D eigenvalue weighted by Gasteiger charge is -2.29. The second-order valence-electron chi connectivity index (χ2n) is 4.45. The van der Waals surface area contributed by atoms with Gasteiger partial charge in [-0.25, -0.2) is 0 Å². The number of ketones is 1. The Hall–Kier alpha value is -1.89. The van der Waals surface area contributed by atoms with Gasteiger partial charge >= 0.3 is 0 Å². The molecule has 0 aromatic heterocycles. The van der Waals surface area contributed by atoms with Gasteiger partial charge in [0.2, 0.25) is 0 Å². The van der Waals surface area contributed by atoms with Crippen LogP contribution >= 0.6 is 0 Å². The molecule has 0 saturated heterocycles. The Kier molecular flexibility index (Phi) is 5.31. The third-order valence-electron chi connectivity index (χ3n) is 3.12. The predicted molar refractivity (Wildman–Crippen MR) is 77.6 cm³/mol. The van der Waals surface area contributed by atoms with Crippen molar-refractivity contribution in [2.75, 3.05) is 0 Å². The van der Waals surface area contributed by atoms with Crippen LogP contribution in [-0.2, 0) is 0 Å². The number of benzene rings is 1. The molecule has 94 valence electrons. The van der Waals surface area contributed by atoms with E-state index in [-0.39, 0.29) is 5.78 Å². The summed E-state index contributed by atoms with van der Waals surface area (Å²) in [5, 5.41) is 0. The molecule has 1 rings (SSSR count). The van der Waals surface area contributed by atoms with Crippen molar-refractivity contribution in [3.05, 3.63) is 73.9 Å². The third-order valence-corrected chi connectivity index (χ3v) is 3.12. The first-order valence-corrected chi connectivity index (χ1v) is 6.12. The highest BCUT2D eigenvalue weighted by Crippen LogP contribution is 2.36. The topological polar surface area (TPSA) is 17.1 Å². The minimum Gasteiger partial charge on any atom is -0.294 e. The molecule has 0 atom stereocenters. The highest BCUT2D eigenvalue weighted by atomic mass is 16.1. The van der Waals surface area contributed by atoms with Gasteiger partial charge in [-0.15, -0.1) is 19.7 Å². The first kappa shape index (κ1) is 14.2. The molecule has 1 aromatic carbocycles. The normalized spacial score (nSPS) is 10.7. The molecule has 0 aliphatic carbocycles. The summed E-state index contributed by atoms with van der Waals surface area (Å²) in [5.74, 6) is 0.141. The van der Waals surface area contributed by atoms with E-state index in [9.17, 15) is 4.79 Å². The van der Waals surface area contributed by atoms with Crippen LogP contribution in [-0.4, -0.2) is 5.78 Å². The molecule has 0 radical (unpaired) electrons. The number of hydrogen-bond donors (Lipinski definition) is 0. The van der Waals surface area contributed by atoms with E-state index in [4.69, 9.17) is 0 Å². The summed E-state index contributed by atoms with van der Waals surface area (Å²) in [5.41, 5.74) is 0.259. The molecule has 1 nitrogen and oxygen atoms in total. The fourth-order valence-corrected chi connectivity index (χ4v) is 2.25. The Morgan fingerprint density at radius 3 is 1.78 bits per heavy atom. The second kappa shape index (κ2) is 6.75. The van der Waals surface area contributed by atoms with Crippen LogP contribution in [0.5, 0.6) is 0 Å². The Morgan fingerprint density at radius 1 is 0.944 bits per heavy atom. The van der Waals surface area contributed by atoms with Gasteiger partial charge in [0.05, 0.1) is 0 Å². The molecule has 1 aromatic rings. The molecule has 0 bridgehead atoms. The lowest BCUT2D eigenvalue weighted by molar-refractivity contribution is 0.0799. The summed E-state index contributed by atoms with van der Waals surface area (Å²) in [7, 11) is 0. The van der Waals surface area contributed by atoms with E-state index >= 15 is 0 Å². The highest BCUT2D eigenvalue weighted by Gasteiger charge is 2.35. The van der Waals surface area contributed by atoms with Crippen LogP contribution in [0.2, 0.25) is 0 Å². The average molecular weight is 240 g/mol. The van der Waals surface area contributed by atoms with Crippen LogP contribution in [0.15, 0.2) is 68.3 Å². The van der Waals surface area contributed by atoms with Crippen molar-refractivity contribution in [2.45, 2.75) is 19.3 Å². The minimum absolute atomic E-state index is 0.141. The molecular formula is C17H20O. The van der Waals surface area contributed by atoms with Gasteiger partial charge in [-0.2, -0.15) is 0 Å². The summed E-state index contributed by atoms with van der Waals surface area (Å²) in [6.45, 7) is 11.3. The van der Waals surface area contributed by atoms with Crippen molar-refractivity contribution < 1.29 is 4.79 Å². The zero-order valence-corrected chi connectivity index (χ0v) is 10.8. The standard InChI is InChI=1S/C17H20O/c1-4-12-17(13-5-2,14-6-3)16(18)15-10-8-7-9-11-15/h4-11H,1-3,12-14H2. The molecule has 18 heavy (non-hydrogen) atoms. The summed E-state index contributed by atoms with van der Waals surface area (Å²) in [6, 6.07) is 9.38. The van der Waals surface area contributed by atoms with Crippen molar-refractivity contribution >= 4 is 5.78 Å². The summed E-state index contributed by atoms with van der Waals surface area (Å²) < 4.78 is 0. The Morgan fingerprint density at radius 2 is 1.39 bits per heavy atom. The van der Waals surface area contributed by atoms with Crippen molar-refractivity contribution in [1.82, 2.24) is 0 Å². The van der Waals surface area contributed by atoms with Gasteiger partial charge in [0.1, 0.15) is 0 Å². The van der Waals surface area contributed by atoms with E-state index in [1.807, 2.05) is 30.3 Å². The number of carbonyl (C=O) groups is 1. The zero-order chi connectivity index (χ0) is 13.4. The van der Waals surface area contributed by atoms with Crippen LogP contribution in [0.25, 0.3) is 0 Å². The van der Waals surface area contributed by atoms with Crippen molar-refractivity contribution in [3.8, 4) is 0 Å². The quantitative estimate of drug-likeness (QED) is 0.480. The molecule has 0 N–H and O–H groups in total. The molecule has 1 heteroatoms. The maximum absolute atomic E-state index is 12.7. The van der Waals surface area contributed by atoms with Crippen LogP contribution < -0.4 is 0 Å². The van der Waals surface area contributed by atoms with Crippen molar-refractivity contribution in [3.63, 3.8) is 0 Å². The van der Waals surface area contributed by atoms with Crippen LogP contribution in [0, 0.1) is 5.41 Å². The molecule has 0 heterocycles. The Balaban J connectivity index is 3.15. The zero-order valence-electron chi connectivity index (χ0n) is 10.8. The predicted octanol–water partition coefficient (Wildman–Crippen LogP) is 4.58. The smallest absolute Gasteiger partial charge is 0.169 e. The van der Waals surface area contributed by atoms with E-state index in [1.165, 1.54) is 0 Å². The fraction of sp³-hybridized carbons (Fsp3) is 0.235. The van der Waals surface area contributed by atoms with E-state index in [0.717, 1.165) is 5.56 Å². The SMILES string of the molecule is C=CCC(CC=C)(CC=C)C(=O)c1ccccc1. The van der Waals surface area contributed by atoms with Gasteiger partial charge in [-0.3, -0.25) is 4.79 Å². The summed E-state index contributed by atoms with van der Waals surface area (Å²) in [4.78, 5) is 12.7. The highest BCUT2D eigenvalue weighted by molar-refractivity contribution is 6.00. The van der Waals surface area contributed by atoms with E-state index in [1.54, 1.807) is 18.2 Å². The van der Waals surface area contributed by atoms with Gasteiger partial charge in [0.25, 0.3) is 0 Å². The van der Waals surface area contributed by atoms with Crippen molar-refractivity contribution in [1.29, 1.82) is 0 Å². The van der Waals surface area contributed by atoms with E-state index in [0.29, 0.717) is 19.3 Å². The van der Waals surface area contributed by atoms with E-state index in [2.05, 4.69) is 19.7 Å². The molecule has 0 fully saturated rings. The first-order chi connectivity index (χ1) is 8.70. The summed E-state index contributed by atoms with van der Waals surface area (Å²) >= 11 is 0. The number of carbonyl (C=O) groups excluding carboxylic acids is 1. The number of Topliss-reactive ketones (excluding diaryl/α,β-unsaturated/α-hetero) is 1. The Labute approximate surface area is 110 Å². The van der Waals surface area contributed by atoms with Gasteiger partial charge in [0.15, 0.2) is 5.78 Å². The maximum Gasteiger partial charge on any atom is 0.169 e. The molecular weight excluding hydrogens is 220 g/mol. The molecule has 0 unspecified atom stereocenters. The largest absolute Gasteiger partial charge is 0.294 e. The van der Waals surface area contributed by atoms with Gasteiger partial charge in [-0.05, 0) is 19.3 Å². The maximum atomic E-state index is 12.7. The number of hydrogen-bond acceptors (Lipinski definition) is 1. The van der Waals surface area contributed by atoms with E-state index < -0.39 is 5.41 Å². The first-order valence-electron chi connectivity index (χ1n) is 6.12. The van der Waals surface area contributed by atoms with Crippen LogP contribution in [0.1, 0.15) is 29.6 Å². The lowest BCUT2D eigenvalue weighted by Crippen LogP contribution is -2.30. The number of allylic oxidation sites excluding steroid dienone is 3. The fourth-order valence-electron chi connectivity index (χ4n) is 2.25. The average Bonchev–Trinajstić information content (AvgIpc) is 2.39. The number of rotatable bonds is 8. The lowest BCUT2D eigenvalue weighted by atomic mass is 9.72. The monoisotopic (exact) mass is 240 g/mol. The molecule has 0 amide bonds. The summed E-state index contributed by atoms with van der Waals surface area (Å²) in [6.07, 6.45) is 7.31. The van der Waals surface area contributed by atoms with Gasteiger partial charge < -0.3 is 0 Å².